The topological polar surface area (TPSA) is 96.5 Å². The second-order valence-corrected chi connectivity index (χ2v) is 9.58. The van der Waals surface area contributed by atoms with E-state index in [0.717, 1.165) is 16.5 Å². The summed E-state index contributed by atoms with van der Waals surface area (Å²) in [6.07, 6.45) is -10.1. The zero-order valence-corrected chi connectivity index (χ0v) is 19.4. The van der Waals surface area contributed by atoms with E-state index in [1.54, 1.807) is 0 Å². The van der Waals surface area contributed by atoms with E-state index in [4.69, 9.17) is 23.2 Å². The molecule has 4 aromatic rings. The number of imidazole rings is 1. The summed E-state index contributed by atoms with van der Waals surface area (Å²) in [5.74, 6) is -1.39. The molecule has 0 aliphatic carbocycles. The fraction of sp³-hybridized carbons (Fsp3) is 0.100. The van der Waals surface area contributed by atoms with E-state index in [-0.39, 0.29) is 21.1 Å². The summed E-state index contributed by atoms with van der Waals surface area (Å²) < 4.78 is 111. The lowest BCUT2D eigenvalue weighted by molar-refractivity contribution is -0.274. The summed E-state index contributed by atoms with van der Waals surface area (Å²) in [5.41, 5.74) is -2.86. The first kappa shape index (κ1) is 25.7. The lowest BCUT2D eigenvalue weighted by Gasteiger charge is -2.16. The molecule has 2 aromatic carbocycles. The van der Waals surface area contributed by atoms with Crippen molar-refractivity contribution in [3.8, 4) is 11.8 Å². The van der Waals surface area contributed by atoms with E-state index in [1.807, 2.05) is 4.72 Å². The Morgan fingerprint density at radius 2 is 1.61 bits per heavy atom. The Balaban J connectivity index is 1.92. The molecule has 2 aromatic heterocycles. The summed E-state index contributed by atoms with van der Waals surface area (Å²) in [4.78, 5) is 3.42. The monoisotopic (exact) mass is 568 g/mol. The van der Waals surface area contributed by atoms with Crippen LogP contribution in [-0.4, -0.2) is 24.2 Å². The number of rotatable bonds is 4. The number of halogens is 8. The lowest BCUT2D eigenvalue weighted by atomic mass is 10.1. The molecule has 7 nitrogen and oxygen atoms in total. The Hall–Kier alpha value is -3.41. The Morgan fingerprint density at radius 3 is 2.17 bits per heavy atom. The molecule has 0 atom stereocenters. The van der Waals surface area contributed by atoms with Gasteiger partial charge in [0.05, 0.1) is 31.5 Å². The van der Waals surface area contributed by atoms with Crippen molar-refractivity contribution in [3.63, 3.8) is 0 Å². The lowest BCUT2D eigenvalue weighted by Crippen LogP contribution is -2.19. The minimum absolute atomic E-state index is 0.00502. The van der Waals surface area contributed by atoms with Crippen LogP contribution >= 0.6 is 23.2 Å². The maximum Gasteiger partial charge on any atom is 0.573 e. The van der Waals surface area contributed by atoms with Crippen LogP contribution in [0.25, 0.3) is 16.7 Å². The fourth-order valence-electron chi connectivity index (χ4n) is 3.30. The molecule has 0 spiro atoms. The van der Waals surface area contributed by atoms with Crippen molar-refractivity contribution in [2.24, 2.45) is 0 Å². The highest BCUT2D eigenvalue weighted by Crippen LogP contribution is 2.38. The molecule has 4 rings (SSSR count). The number of aromatic nitrogens is 2. The first-order valence-corrected chi connectivity index (χ1v) is 11.5. The summed E-state index contributed by atoms with van der Waals surface area (Å²) in [6, 6.07) is 7.22. The van der Waals surface area contributed by atoms with E-state index < -0.39 is 55.8 Å². The third kappa shape index (κ3) is 4.81. The normalized spacial score (nSPS) is 12.6. The third-order valence-electron chi connectivity index (χ3n) is 4.74. The number of nitriles is 1. The molecular formula is C20H8Cl2F6N4O3S. The number of anilines is 1. The van der Waals surface area contributed by atoms with Gasteiger partial charge in [-0.05, 0) is 42.5 Å². The van der Waals surface area contributed by atoms with Crippen LogP contribution in [0.1, 0.15) is 11.1 Å². The summed E-state index contributed by atoms with van der Waals surface area (Å²) in [7, 11) is -4.66. The van der Waals surface area contributed by atoms with Gasteiger partial charge in [0.1, 0.15) is 23.2 Å². The largest absolute Gasteiger partial charge is 0.573 e. The number of sulfonamides is 1. The molecule has 0 saturated carbocycles. The zero-order chi connectivity index (χ0) is 26.6. The predicted octanol–water partition coefficient (Wildman–Crippen LogP) is 6.38. The number of nitrogens with one attached hydrogen (secondary N) is 1. The van der Waals surface area contributed by atoms with Crippen molar-refractivity contribution in [2.45, 2.75) is 17.4 Å². The molecule has 0 radical (unpaired) electrons. The van der Waals surface area contributed by atoms with Gasteiger partial charge in [-0.3, -0.25) is 9.12 Å². The van der Waals surface area contributed by atoms with Gasteiger partial charge in [-0.15, -0.1) is 13.2 Å². The second kappa shape index (κ2) is 8.61. The van der Waals surface area contributed by atoms with Gasteiger partial charge >= 0.3 is 12.5 Å². The highest BCUT2D eigenvalue weighted by Gasteiger charge is 2.37. The maximum atomic E-state index is 13.7. The first-order chi connectivity index (χ1) is 16.6. The van der Waals surface area contributed by atoms with Gasteiger partial charge < -0.3 is 4.74 Å². The molecular weight excluding hydrogens is 561 g/mol. The second-order valence-electron chi connectivity index (χ2n) is 7.08. The van der Waals surface area contributed by atoms with Crippen molar-refractivity contribution >= 4 is 55.7 Å². The van der Waals surface area contributed by atoms with Crippen molar-refractivity contribution in [1.29, 1.82) is 5.26 Å². The van der Waals surface area contributed by atoms with Crippen LogP contribution < -0.4 is 9.46 Å². The van der Waals surface area contributed by atoms with Crippen LogP contribution in [0.5, 0.6) is 5.75 Å². The molecule has 16 heteroatoms. The first-order valence-electron chi connectivity index (χ1n) is 9.31. The quantitative estimate of drug-likeness (QED) is 0.288. The Bertz CT molecular complexity index is 1660. The average molecular weight is 569 g/mol. The van der Waals surface area contributed by atoms with E-state index in [9.17, 15) is 40.0 Å². The van der Waals surface area contributed by atoms with Crippen LogP contribution in [-0.2, 0) is 16.2 Å². The molecule has 0 amide bonds. The minimum Gasteiger partial charge on any atom is -0.406 e. The van der Waals surface area contributed by atoms with E-state index in [2.05, 4.69) is 9.72 Å². The van der Waals surface area contributed by atoms with Crippen molar-refractivity contribution in [2.75, 3.05) is 4.72 Å². The summed E-state index contributed by atoms with van der Waals surface area (Å²) >= 11 is 12.0. The minimum atomic E-state index is -5.07. The van der Waals surface area contributed by atoms with E-state index in [0.29, 0.717) is 18.2 Å². The van der Waals surface area contributed by atoms with Crippen molar-refractivity contribution < 1.29 is 39.5 Å². The van der Waals surface area contributed by atoms with Gasteiger partial charge in [0.25, 0.3) is 10.0 Å². The molecule has 0 fully saturated rings. The van der Waals surface area contributed by atoms with Crippen LogP contribution in [0.4, 0.5) is 32.2 Å². The highest BCUT2D eigenvalue weighted by molar-refractivity contribution is 7.92. The van der Waals surface area contributed by atoms with Gasteiger partial charge in [-0.1, -0.05) is 23.2 Å². The molecule has 2 heterocycles. The van der Waals surface area contributed by atoms with Gasteiger partial charge in [0, 0.05) is 0 Å². The number of hydrogen-bond donors (Lipinski definition) is 1. The number of nitrogens with zero attached hydrogens (tertiary/aromatic N) is 3. The van der Waals surface area contributed by atoms with E-state index in [1.165, 1.54) is 18.2 Å². The van der Waals surface area contributed by atoms with Crippen molar-refractivity contribution in [1.82, 2.24) is 9.38 Å². The number of ether oxygens (including phenoxy) is 1. The van der Waals surface area contributed by atoms with Gasteiger partial charge in [-0.25, -0.2) is 13.4 Å². The number of benzene rings is 2. The van der Waals surface area contributed by atoms with Crippen LogP contribution in [0.15, 0.2) is 47.4 Å². The number of hydrogen-bond acceptors (Lipinski definition) is 5. The van der Waals surface area contributed by atoms with Gasteiger partial charge in [0.2, 0.25) is 0 Å². The van der Waals surface area contributed by atoms with Crippen molar-refractivity contribution in [3.05, 3.63) is 63.6 Å². The highest BCUT2D eigenvalue weighted by atomic mass is 35.5. The van der Waals surface area contributed by atoms with Crippen LogP contribution in [0, 0.1) is 11.3 Å². The Labute approximate surface area is 207 Å². The average Bonchev–Trinajstić information content (AvgIpc) is 3.10. The molecule has 188 valence electrons. The number of pyridine rings is 1. The van der Waals surface area contributed by atoms with Crippen LogP contribution in [0.2, 0.25) is 10.0 Å². The van der Waals surface area contributed by atoms with Crippen LogP contribution in [0.3, 0.4) is 0 Å². The number of fused-ring (bicyclic) bond motifs is 3. The fourth-order valence-corrected chi connectivity index (χ4v) is 4.66. The Kier molecular flexibility index (Phi) is 6.14. The molecule has 36 heavy (non-hydrogen) atoms. The number of alkyl halides is 6. The zero-order valence-electron chi connectivity index (χ0n) is 17.0. The molecule has 0 unspecified atom stereocenters. The standard InChI is InChI=1S/C20H8Cl2F6N4O3S/c21-13-6-15-16(7-14(13)22)32-17(5-12(19(23,24)25)11(8-29)18(32)30-15)31-36(33,34)10-3-1-9(2-4-10)35-20(26,27)28/h1-7,31H. The summed E-state index contributed by atoms with van der Waals surface area (Å²) in [6.45, 7) is 0. The third-order valence-corrected chi connectivity index (χ3v) is 6.83. The molecule has 0 aliphatic rings. The van der Waals surface area contributed by atoms with Gasteiger partial charge in [-0.2, -0.15) is 18.4 Å². The SMILES string of the molecule is N#Cc1c(C(F)(F)F)cc(NS(=O)(=O)c2ccc(OC(F)(F)F)cc2)n2c1nc1cc(Cl)c(Cl)cc12. The molecule has 0 bridgehead atoms. The van der Waals surface area contributed by atoms with E-state index >= 15 is 0 Å². The smallest absolute Gasteiger partial charge is 0.406 e. The molecule has 0 aliphatic heterocycles. The Morgan fingerprint density at radius 1 is 1.00 bits per heavy atom. The molecule has 1 N–H and O–H groups in total. The maximum absolute atomic E-state index is 13.7. The predicted molar refractivity (Wildman–Crippen MR) is 116 cm³/mol. The molecule has 0 saturated heterocycles. The van der Waals surface area contributed by atoms with Gasteiger partial charge in [0.15, 0.2) is 5.65 Å². The summed E-state index contributed by atoms with van der Waals surface area (Å²) in [5, 5.41) is 9.41.